The standard InChI is InChI=1S/C18H21N3O2/c22-17(20-13-18(23)21-10-8-19-9-11-21)12-15-6-3-5-14-4-1-2-7-16(14)15/h1-7,19H,8-13H2,(H,20,22). The topological polar surface area (TPSA) is 61.4 Å². The maximum absolute atomic E-state index is 12.1. The fourth-order valence-electron chi connectivity index (χ4n) is 2.88. The summed E-state index contributed by atoms with van der Waals surface area (Å²) in [5.74, 6) is -0.136. The van der Waals surface area contributed by atoms with Crippen LogP contribution in [-0.4, -0.2) is 49.4 Å². The molecule has 1 fully saturated rings. The molecule has 0 aromatic heterocycles. The summed E-state index contributed by atoms with van der Waals surface area (Å²) in [6.45, 7) is 3.12. The van der Waals surface area contributed by atoms with E-state index >= 15 is 0 Å². The predicted molar refractivity (Wildman–Crippen MR) is 90.1 cm³/mol. The summed E-state index contributed by atoms with van der Waals surface area (Å²) in [5.41, 5.74) is 0.982. The van der Waals surface area contributed by atoms with Crippen LogP contribution in [0.25, 0.3) is 10.8 Å². The Morgan fingerprint density at radius 3 is 2.61 bits per heavy atom. The molecule has 0 saturated carbocycles. The Hall–Kier alpha value is -2.40. The second-order valence-corrected chi connectivity index (χ2v) is 5.72. The first-order valence-corrected chi connectivity index (χ1v) is 7.96. The number of amides is 2. The lowest BCUT2D eigenvalue weighted by atomic mass is 10.0. The number of hydrogen-bond donors (Lipinski definition) is 2. The molecule has 0 aliphatic carbocycles. The van der Waals surface area contributed by atoms with Gasteiger partial charge in [-0.05, 0) is 16.3 Å². The zero-order valence-corrected chi connectivity index (χ0v) is 13.0. The van der Waals surface area contributed by atoms with Crippen LogP contribution in [-0.2, 0) is 16.0 Å². The minimum atomic E-state index is -0.121. The van der Waals surface area contributed by atoms with Crippen molar-refractivity contribution in [3.05, 3.63) is 48.0 Å². The van der Waals surface area contributed by atoms with Gasteiger partial charge in [0, 0.05) is 26.2 Å². The van der Waals surface area contributed by atoms with E-state index in [0.29, 0.717) is 13.1 Å². The van der Waals surface area contributed by atoms with E-state index in [2.05, 4.69) is 10.6 Å². The fraction of sp³-hybridized carbons (Fsp3) is 0.333. The van der Waals surface area contributed by atoms with Gasteiger partial charge in [0.15, 0.2) is 0 Å². The van der Waals surface area contributed by atoms with Gasteiger partial charge >= 0.3 is 0 Å². The van der Waals surface area contributed by atoms with Crippen LogP contribution >= 0.6 is 0 Å². The third-order valence-corrected chi connectivity index (χ3v) is 4.14. The molecule has 2 N–H and O–H groups in total. The molecule has 2 aromatic rings. The lowest BCUT2D eigenvalue weighted by molar-refractivity contribution is -0.133. The summed E-state index contributed by atoms with van der Waals surface area (Å²) in [7, 11) is 0. The largest absolute Gasteiger partial charge is 0.347 e. The Labute approximate surface area is 135 Å². The van der Waals surface area contributed by atoms with Crippen molar-refractivity contribution in [2.45, 2.75) is 6.42 Å². The molecule has 1 saturated heterocycles. The first-order valence-electron chi connectivity index (χ1n) is 7.96. The van der Waals surface area contributed by atoms with Crippen LogP contribution in [0, 0.1) is 0 Å². The molecule has 5 heteroatoms. The maximum atomic E-state index is 12.1. The van der Waals surface area contributed by atoms with Crippen molar-refractivity contribution in [1.82, 2.24) is 15.5 Å². The summed E-state index contributed by atoms with van der Waals surface area (Å²) in [6, 6.07) is 14.0. The highest BCUT2D eigenvalue weighted by Crippen LogP contribution is 2.18. The van der Waals surface area contributed by atoms with Crippen LogP contribution < -0.4 is 10.6 Å². The zero-order chi connectivity index (χ0) is 16.1. The molecular formula is C18H21N3O2. The quantitative estimate of drug-likeness (QED) is 0.883. The van der Waals surface area contributed by atoms with E-state index in [1.165, 1.54) is 0 Å². The molecule has 0 spiro atoms. The first kappa shape index (κ1) is 15.5. The van der Waals surface area contributed by atoms with Gasteiger partial charge in [-0.1, -0.05) is 42.5 Å². The van der Waals surface area contributed by atoms with Crippen LogP contribution in [0.15, 0.2) is 42.5 Å². The minimum Gasteiger partial charge on any atom is -0.347 e. The van der Waals surface area contributed by atoms with Gasteiger partial charge in [0.1, 0.15) is 0 Å². The Balaban J connectivity index is 1.57. The second kappa shape index (κ2) is 7.24. The van der Waals surface area contributed by atoms with Gasteiger partial charge in [-0.25, -0.2) is 0 Å². The number of hydrogen-bond acceptors (Lipinski definition) is 3. The van der Waals surface area contributed by atoms with Crippen molar-refractivity contribution in [2.24, 2.45) is 0 Å². The number of piperazine rings is 1. The van der Waals surface area contributed by atoms with Gasteiger partial charge in [0.05, 0.1) is 13.0 Å². The zero-order valence-electron chi connectivity index (χ0n) is 13.0. The van der Waals surface area contributed by atoms with E-state index < -0.39 is 0 Å². The van der Waals surface area contributed by atoms with E-state index in [1.54, 1.807) is 4.90 Å². The fourth-order valence-corrected chi connectivity index (χ4v) is 2.88. The van der Waals surface area contributed by atoms with Crippen molar-refractivity contribution >= 4 is 22.6 Å². The van der Waals surface area contributed by atoms with Gasteiger partial charge in [-0.15, -0.1) is 0 Å². The Morgan fingerprint density at radius 1 is 1.04 bits per heavy atom. The van der Waals surface area contributed by atoms with Crippen molar-refractivity contribution in [2.75, 3.05) is 32.7 Å². The number of nitrogens with one attached hydrogen (secondary N) is 2. The van der Waals surface area contributed by atoms with Crippen molar-refractivity contribution in [1.29, 1.82) is 0 Å². The van der Waals surface area contributed by atoms with Gasteiger partial charge in [0.2, 0.25) is 11.8 Å². The molecule has 2 aromatic carbocycles. The molecule has 23 heavy (non-hydrogen) atoms. The summed E-state index contributed by atoms with van der Waals surface area (Å²) < 4.78 is 0. The van der Waals surface area contributed by atoms with Crippen molar-refractivity contribution in [3.8, 4) is 0 Å². The minimum absolute atomic E-state index is 0.0160. The molecule has 0 bridgehead atoms. The SMILES string of the molecule is O=C(Cc1cccc2ccccc12)NCC(=O)N1CCNCC1. The molecule has 0 atom stereocenters. The average molecular weight is 311 g/mol. The van der Waals surface area contributed by atoms with Crippen LogP contribution in [0.3, 0.4) is 0 Å². The number of nitrogens with zero attached hydrogens (tertiary/aromatic N) is 1. The van der Waals surface area contributed by atoms with Gasteiger partial charge < -0.3 is 15.5 Å². The summed E-state index contributed by atoms with van der Waals surface area (Å²) in [4.78, 5) is 26.0. The lowest BCUT2D eigenvalue weighted by Gasteiger charge is -2.27. The van der Waals surface area contributed by atoms with Crippen molar-refractivity contribution < 1.29 is 9.59 Å². The van der Waals surface area contributed by atoms with Gasteiger partial charge in [-0.3, -0.25) is 9.59 Å². The predicted octanol–water partition coefficient (Wildman–Crippen LogP) is 0.930. The van der Waals surface area contributed by atoms with E-state index in [9.17, 15) is 9.59 Å². The van der Waals surface area contributed by atoms with E-state index in [-0.39, 0.29) is 24.8 Å². The molecule has 3 rings (SSSR count). The number of carbonyl (C=O) groups is 2. The molecule has 1 aliphatic rings. The second-order valence-electron chi connectivity index (χ2n) is 5.72. The van der Waals surface area contributed by atoms with E-state index in [0.717, 1.165) is 29.4 Å². The Morgan fingerprint density at radius 2 is 1.78 bits per heavy atom. The molecule has 120 valence electrons. The highest BCUT2D eigenvalue weighted by molar-refractivity contribution is 5.91. The lowest BCUT2D eigenvalue weighted by Crippen LogP contribution is -2.49. The highest BCUT2D eigenvalue weighted by atomic mass is 16.2. The molecular weight excluding hydrogens is 290 g/mol. The number of carbonyl (C=O) groups excluding carboxylic acids is 2. The molecule has 5 nitrogen and oxygen atoms in total. The number of rotatable bonds is 4. The molecule has 0 unspecified atom stereocenters. The first-order chi connectivity index (χ1) is 11.2. The van der Waals surface area contributed by atoms with E-state index in [1.807, 2.05) is 42.5 Å². The maximum Gasteiger partial charge on any atom is 0.242 e. The molecule has 1 aliphatic heterocycles. The van der Waals surface area contributed by atoms with Gasteiger partial charge in [-0.2, -0.15) is 0 Å². The van der Waals surface area contributed by atoms with Crippen LogP contribution in [0.5, 0.6) is 0 Å². The smallest absolute Gasteiger partial charge is 0.242 e. The third kappa shape index (κ3) is 3.87. The Kier molecular flexibility index (Phi) is 4.88. The normalized spacial score (nSPS) is 14.7. The summed E-state index contributed by atoms with van der Waals surface area (Å²) >= 11 is 0. The number of benzene rings is 2. The average Bonchev–Trinajstić information content (AvgIpc) is 2.61. The highest BCUT2D eigenvalue weighted by Gasteiger charge is 2.16. The molecule has 2 amide bonds. The molecule has 1 heterocycles. The van der Waals surface area contributed by atoms with Crippen LogP contribution in [0.4, 0.5) is 0 Å². The molecule has 0 radical (unpaired) electrons. The van der Waals surface area contributed by atoms with Gasteiger partial charge in [0.25, 0.3) is 0 Å². The number of fused-ring (bicyclic) bond motifs is 1. The van der Waals surface area contributed by atoms with Crippen LogP contribution in [0.1, 0.15) is 5.56 Å². The summed E-state index contributed by atoms with van der Waals surface area (Å²) in [5, 5.41) is 8.15. The van der Waals surface area contributed by atoms with Crippen LogP contribution in [0.2, 0.25) is 0 Å². The monoisotopic (exact) mass is 311 g/mol. The third-order valence-electron chi connectivity index (χ3n) is 4.14. The van der Waals surface area contributed by atoms with E-state index in [4.69, 9.17) is 0 Å². The summed E-state index contributed by atoms with van der Waals surface area (Å²) in [6.07, 6.45) is 0.288. The van der Waals surface area contributed by atoms with Crippen molar-refractivity contribution in [3.63, 3.8) is 0 Å². The Bertz CT molecular complexity index is 703.